The van der Waals surface area contributed by atoms with Crippen LogP contribution in [0.15, 0.2) is 12.7 Å². The van der Waals surface area contributed by atoms with Crippen molar-refractivity contribution in [2.45, 2.75) is 19.8 Å². The number of carbonyl (C=O) groups excluding carboxylic acids is 2. The lowest BCUT2D eigenvalue weighted by Crippen LogP contribution is -2.53. The summed E-state index contributed by atoms with van der Waals surface area (Å²) in [4.78, 5) is 30.4. The number of likely N-dealkylation sites (tertiary alicyclic amines) is 1. The van der Waals surface area contributed by atoms with E-state index >= 15 is 0 Å². The van der Waals surface area contributed by atoms with Gasteiger partial charge >= 0.3 is 0 Å². The van der Waals surface area contributed by atoms with Gasteiger partial charge in [-0.25, -0.2) is 0 Å². The average Bonchev–Trinajstić information content (AvgIpc) is 3.07. The number of amides is 2. The number of hydrogen-bond acceptors (Lipinski definition) is 6. The van der Waals surface area contributed by atoms with Gasteiger partial charge in [-0.15, -0.1) is 0 Å². The molecule has 3 rings (SSSR count). The molecular weight excluding hydrogens is 350 g/mol. The molecule has 0 saturated carbocycles. The number of hydrogen-bond donors (Lipinski definition) is 0. The summed E-state index contributed by atoms with van der Waals surface area (Å²) < 4.78 is 4.27. The second-order valence-corrected chi connectivity index (χ2v) is 7.45. The fourth-order valence-corrected chi connectivity index (χ4v) is 4.50. The predicted molar refractivity (Wildman–Crippen MR) is 99.9 cm³/mol. The highest BCUT2D eigenvalue weighted by Gasteiger charge is 2.32. The molecule has 2 aliphatic rings. The lowest BCUT2D eigenvalue weighted by atomic mass is 9.96. The molecule has 0 aromatic carbocycles. The second-order valence-electron chi connectivity index (χ2n) is 6.70. The fraction of sp³-hybridized carbons (Fsp3) is 0.556. The first-order valence-corrected chi connectivity index (χ1v) is 9.64. The monoisotopic (exact) mass is 373 g/mol. The zero-order valence-electron chi connectivity index (χ0n) is 15.0. The van der Waals surface area contributed by atoms with Crippen LogP contribution in [-0.2, 0) is 9.59 Å². The summed E-state index contributed by atoms with van der Waals surface area (Å²) in [6, 6.07) is 2.23. The SMILES string of the molecule is C=CC(=O)N1CCCC(C(=O)N2CCN(c3snc(C)c3C#N)CC2)C1. The highest BCUT2D eigenvalue weighted by Crippen LogP contribution is 2.29. The van der Waals surface area contributed by atoms with Gasteiger partial charge in [0.2, 0.25) is 11.8 Å². The molecule has 138 valence electrons. The Balaban J connectivity index is 1.59. The minimum Gasteiger partial charge on any atom is -0.358 e. The minimum absolute atomic E-state index is 0.100. The van der Waals surface area contributed by atoms with Gasteiger partial charge < -0.3 is 14.7 Å². The number of nitrogens with zero attached hydrogens (tertiary/aromatic N) is 5. The first-order chi connectivity index (χ1) is 12.5. The van der Waals surface area contributed by atoms with Crippen LogP contribution in [0, 0.1) is 24.2 Å². The van der Waals surface area contributed by atoms with Crippen LogP contribution < -0.4 is 4.90 Å². The summed E-state index contributed by atoms with van der Waals surface area (Å²) >= 11 is 1.35. The third-order valence-electron chi connectivity index (χ3n) is 5.09. The zero-order chi connectivity index (χ0) is 18.7. The molecule has 1 aromatic heterocycles. The highest BCUT2D eigenvalue weighted by molar-refractivity contribution is 7.10. The molecule has 2 aliphatic heterocycles. The van der Waals surface area contributed by atoms with E-state index in [9.17, 15) is 14.9 Å². The topological polar surface area (TPSA) is 80.5 Å². The standard InChI is InChI=1S/C18H23N5O2S/c1-3-16(24)23-6-4-5-14(12-23)17(25)21-7-9-22(10-8-21)18-15(11-19)13(2)20-26-18/h3,14H,1,4-10,12H2,2H3. The van der Waals surface area contributed by atoms with Gasteiger partial charge in [-0.3, -0.25) is 9.59 Å². The summed E-state index contributed by atoms with van der Waals surface area (Å²) in [7, 11) is 0. The smallest absolute Gasteiger partial charge is 0.245 e. The van der Waals surface area contributed by atoms with E-state index in [-0.39, 0.29) is 17.7 Å². The van der Waals surface area contributed by atoms with Gasteiger partial charge in [-0.2, -0.15) is 9.64 Å². The Kier molecular flexibility index (Phi) is 5.57. The van der Waals surface area contributed by atoms with Gasteiger partial charge in [0, 0.05) is 39.3 Å². The van der Waals surface area contributed by atoms with E-state index in [0.717, 1.165) is 23.5 Å². The molecule has 7 nitrogen and oxygen atoms in total. The van der Waals surface area contributed by atoms with Gasteiger partial charge in [0.05, 0.1) is 11.6 Å². The van der Waals surface area contributed by atoms with Crippen molar-refractivity contribution in [3.63, 3.8) is 0 Å². The molecular formula is C18H23N5O2S. The lowest BCUT2D eigenvalue weighted by molar-refractivity contribution is -0.139. The molecule has 8 heteroatoms. The molecule has 26 heavy (non-hydrogen) atoms. The Hall–Kier alpha value is -2.40. The second kappa shape index (κ2) is 7.87. The molecule has 2 saturated heterocycles. The molecule has 2 fully saturated rings. The molecule has 0 bridgehead atoms. The molecule has 0 aliphatic carbocycles. The van der Waals surface area contributed by atoms with Crippen LogP contribution in [0.25, 0.3) is 0 Å². The zero-order valence-corrected chi connectivity index (χ0v) is 15.8. The summed E-state index contributed by atoms with van der Waals surface area (Å²) in [6.07, 6.45) is 2.99. The maximum absolute atomic E-state index is 12.9. The molecule has 3 heterocycles. The van der Waals surface area contributed by atoms with Crippen LogP contribution >= 0.6 is 11.5 Å². The average molecular weight is 373 g/mol. The highest BCUT2D eigenvalue weighted by atomic mass is 32.1. The number of rotatable bonds is 3. The number of piperidine rings is 1. The van der Waals surface area contributed by atoms with Gasteiger partial charge in [-0.1, -0.05) is 6.58 Å². The van der Waals surface area contributed by atoms with E-state index in [1.807, 2.05) is 11.8 Å². The van der Waals surface area contributed by atoms with Crippen molar-refractivity contribution in [2.75, 3.05) is 44.2 Å². The fourth-order valence-electron chi connectivity index (χ4n) is 3.60. The number of nitriles is 1. The Morgan fingerprint density at radius 2 is 2.00 bits per heavy atom. The first-order valence-electron chi connectivity index (χ1n) is 8.86. The van der Waals surface area contributed by atoms with Crippen LogP contribution in [0.5, 0.6) is 0 Å². The maximum Gasteiger partial charge on any atom is 0.245 e. The third-order valence-corrected chi connectivity index (χ3v) is 6.09. The van der Waals surface area contributed by atoms with Crippen molar-refractivity contribution < 1.29 is 9.59 Å². The van der Waals surface area contributed by atoms with Gasteiger partial charge in [0.1, 0.15) is 16.6 Å². The molecule has 0 spiro atoms. The van der Waals surface area contributed by atoms with E-state index in [2.05, 4.69) is 21.9 Å². The van der Waals surface area contributed by atoms with E-state index < -0.39 is 0 Å². The van der Waals surface area contributed by atoms with Crippen molar-refractivity contribution in [1.82, 2.24) is 14.2 Å². The Morgan fingerprint density at radius 3 is 2.65 bits per heavy atom. The van der Waals surface area contributed by atoms with E-state index in [0.29, 0.717) is 44.8 Å². The predicted octanol–water partition coefficient (Wildman–Crippen LogP) is 1.40. The van der Waals surface area contributed by atoms with Crippen molar-refractivity contribution in [1.29, 1.82) is 5.26 Å². The molecule has 2 amide bonds. The van der Waals surface area contributed by atoms with E-state index in [4.69, 9.17) is 0 Å². The molecule has 0 radical (unpaired) electrons. The van der Waals surface area contributed by atoms with E-state index in [1.165, 1.54) is 17.6 Å². The summed E-state index contributed by atoms with van der Waals surface area (Å²) in [5.74, 6) is -0.0939. The van der Waals surface area contributed by atoms with Crippen LogP contribution in [0.4, 0.5) is 5.00 Å². The minimum atomic E-state index is -0.125. The van der Waals surface area contributed by atoms with Crippen LogP contribution in [-0.4, -0.2) is 65.3 Å². The number of aromatic nitrogens is 1. The molecule has 1 aromatic rings. The Labute approximate surface area is 157 Å². The van der Waals surface area contributed by atoms with E-state index in [1.54, 1.807) is 4.90 Å². The lowest BCUT2D eigenvalue weighted by Gasteiger charge is -2.39. The summed E-state index contributed by atoms with van der Waals surface area (Å²) in [5.41, 5.74) is 1.40. The summed E-state index contributed by atoms with van der Waals surface area (Å²) in [6.45, 7) is 9.22. The van der Waals surface area contributed by atoms with Crippen LogP contribution in [0.2, 0.25) is 0 Å². The molecule has 1 unspecified atom stereocenters. The first kappa shape index (κ1) is 18.4. The number of carbonyl (C=O) groups is 2. The normalized spacial score (nSPS) is 20.6. The number of aryl methyl sites for hydroxylation is 1. The van der Waals surface area contributed by atoms with Gasteiger partial charge in [0.15, 0.2) is 0 Å². The largest absolute Gasteiger partial charge is 0.358 e. The summed E-state index contributed by atoms with van der Waals surface area (Å²) in [5, 5.41) is 10.2. The van der Waals surface area contributed by atoms with Gasteiger partial charge in [-0.05, 0) is 37.4 Å². The third kappa shape index (κ3) is 3.58. The van der Waals surface area contributed by atoms with Crippen LogP contribution in [0.3, 0.4) is 0 Å². The van der Waals surface area contributed by atoms with Crippen molar-refractivity contribution >= 4 is 28.3 Å². The molecule has 1 atom stereocenters. The van der Waals surface area contributed by atoms with Crippen molar-refractivity contribution in [2.24, 2.45) is 5.92 Å². The quantitative estimate of drug-likeness (QED) is 0.748. The number of anilines is 1. The Morgan fingerprint density at radius 1 is 1.27 bits per heavy atom. The van der Waals surface area contributed by atoms with Crippen molar-refractivity contribution in [3.05, 3.63) is 23.9 Å². The van der Waals surface area contributed by atoms with Crippen LogP contribution in [0.1, 0.15) is 24.1 Å². The maximum atomic E-state index is 12.9. The molecule has 0 N–H and O–H groups in total. The van der Waals surface area contributed by atoms with Crippen molar-refractivity contribution in [3.8, 4) is 6.07 Å². The van der Waals surface area contributed by atoms with Gasteiger partial charge in [0.25, 0.3) is 0 Å². The Bertz CT molecular complexity index is 745. The number of piperazine rings is 1.